The van der Waals surface area contributed by atoms with Crippen LogP contribution in [0.1, 0.15) is 5.56 Å². The first-order valence-corrected chi connectivity index (χ1v) is 7.29. The largest absolute Gasteiger partial charge is 0.324 e. The Labute approximate surface area is 131 Å². The maximum atomic E-state index is 12.1. The standard InChI is InChI=1S/C15H14BrClN2O/c16-12-9-11(17)6-7-14(12)19-15(20)13(18)8-10-4-2-1-3-5-10/h1-7,9,13H,8,18H2,(H,19,20). The molecule has 0 saturated heterocycles. The second-order valence-corrected chi connectivity index (χ2v) is 5.70. The van der Waals surface area contributed by atoms with E-state index in [0.717, 1.165) is 10.0 Å². The van der Waals surface area contributed by atoms with Crippen LogP contribution in [0.2, 0.25) is 5.02 Å². The van der Waals surface area contributed by atoms with E-state index in [4.69, 9.17) is 17.3 Å². The zero-order valence-electron chi connectivity index (χ0n) is 10.6. The van der Waals surface area contributed by atoms with E-state index in [-0.39, 0.29) is 5.91 Å². The number of hydrogen-bond acceptors (Lipinski definition) is 2. The molecular weight excluding hydrogens is 340 g/mol. The van der Waals surface area contributed by atoms with Crippen LogP contribution in [0.5, 0.6) is 0 Å². The lowest BCUT2D eigenvalue weighted by molar-refractivity contribution is -0.117. The van der Waals surface area contributed by atoms with Gasteiger partial charge in [0.05, 0.1) is 11.7 Å². The molecule has 1 unspecified atom stereocenters. The van der Waals surface area contributed by atoms with Gasteiger partial charge in [0.1, 0.15) is 0 Å². The third-order valence-electron chi connectivity index (χ3n) is 2.82. The Hall–Kier alpha value is -1.36. The van der Waals surface area contributed by atoms with Crippen LogP contribution >= 0.6 is 27.5 Å². The van der Waals surface area contributed by atoms with Gasteiger partial charge in [-0.05, 0) is 46.1 Å². The topological polar surface area (TPSA) is 55.1 Å². The highest BCUT2D eigenvalue weighted by atomic mass is 79.9. The Bertz CT molecular complexity index is 604. The molecule has 2 rings (SSSR count). The van der Waals surface area contributed by atoms with Crippen molar-refractivity contribution in [1.29, 1.82) is 0 Å². The highest BCUT2D eigenvalue weighted by Crippen LogP contribution is 2.25. The Morgan fingerprint density at radius 2 is 1.95 bits per heavy atom. The molecule has 0 aromatic heterocycles. The Morgan fingerprint density at radius 1 is 1.25 bits per heavy atom. The minimum absolute atomic E-state index is 0.225. The lowest BCUT2D eigenvalue weighted by Gasteiger charge is -2.13. The third kappa shape index (κ3) is 4.07. The molecule has 5 heteroatoms. The average molecular weight is 354 g/mol. The van der Waals surface area contributed by atoms with Crippen LogP contribution in [0.4, 0.5) is 5.69 Å². The second-order valence-electron chi connectivity index (χ2n) is 4.41. The van der Waals surface area contributed by atoms with Gasteiger partial charge < -0.3 is 11.1 Å². The molecule has 104 valence electrons. The van der Waals surface area contributed by atoms with Crippen LogP contribution in [0, 0.1) is 0 Å². The second kappa shape index (κ2) is 6.88. The summed E-state index contributed by atoms with van der Waals surface area (Å²) in [5, 5.41) is 3.39. The van der Waals surface area contributed by atoms with Gasteiger partial charge in [0.2, 0.25) is 5.91 Å². The molecular formula is C15H14BrClN2O. The van der Waals surface area contributed by atoms with Gasteiger partial charge >= 0.3 is 0 Å². The van der Waals surface area contributed by atoms with Gasteiger partial charge in [0.15, 0.2) is 0 Å². The number of rotatable bonds is 4. The summed E-state index contributed by atoms with van der Waals surface area (Å²) < 4.78 is 0.727. The van der Waals surface area contributed by atoms with Crippen molar-refractivity contribution in [3.63, 3.8) is 0 Å². The molecule has 0 aliphatic heterocycles. The molecule has 1 atom stereocenters. The number of benzene rings is 2. The highest BCUT2D eigenvalue weighted by Gasteiger charge is 2.15. The first-order valence-electron chi connectivity index (χ1n) is 6.11. The average Bonchev–Trinajstić information content (AvgIpc) is 2.43. The molecule has 0 aliphatic rings. The molecule has 0 fully saturated rings. The van der Waals surface area contributed by atoms with E-state index < -0.39 is 6.04 Å². The summed E-state index contributed by atoms with van der Waals surface area (Å²) in [7, 11) is 0. The molecule has 0 aliphatic carbocycles. The third-order valence-corrected chi connectivity index (χ3v) is 3.72. The molecule has 1 amide bonds. The van der Waals surface area contributed by atoms with Crippen molar-refractivity contribution in [3.8, 4) is 0 Å². The van der Waals surface area contributed by atoms with Crippen LogP contribution in [0.25, 0.3) is 0 Å². The number of carbonyl (C=O) groups is 1. The first kappa shape index (κ1) is 15.0. The molecule has 2 aromatic rings. The normalized spacial score (nSPS) is 11.9. The molecule has 2 aromatic carbocycles. The number of halogens is 2. The summed E-state index contributed by atoms with van der Waals surface area (Å²) in [6.07, 6.45) is 0.498. The van der Waals surface area contributed by atoms with E-state index in [1.165, 1.54) is 0 Å². The molecule has 0 saturated carbocycles. The fourth-order valence-corrected chi connectivity index (χ4v) is 2.56. The van der Waals surface area contributed by atoms with Crippen LogP contribution in [-0.2, 0) is 11.2 Å². The van der Waals surface area contributed by atoms with Crippen LogP contribution in [0.3, 0.4) is 0 Å². The minimum atomic E-state index is -0.597. The summed E-state index contributed by atoms with van der Waals surface area (Å²) in [6.45, 7) is 0. The molecule has 3 N–H and O–H groups in total. The lowest BCUT2D eigenvalue weighted by atomic mass is 10.1. The lowest BCUT2D eigenvalue weighted by Crippen LogP contribution is -2.37. The number of nitrogens with one attached hydrogen (secondary N) is 1. The van der Waals surface area contributed by atoms with Gasteiger partial charge in [-0.2, -0.15) is 0 Å². The first-order chi connectivity index (χ1) is 9.56. The van der Waals surface area contributed by atoms with E-state index in [9.17, 15) is 4.79 Å². The summed E-state index contributed by atoms with van der Waals surface area (Å²) in [6, 6.07) is 14.3. The van der Waals surface area contributed by atoms with Gasteiger partial charge in [-0.25, -0.2) is 0 Å². The van der Waals surface area contributed by atoms with Crippen molar-refractivity contribution < 1.29 is 4.79 Å². The number of amides is 1. The predicted molar refractivity (Wildman–Crippen MR) is 85.9 cm³/mol. The SMILES string of the molecule is NC(Cc1ccccc1)C(=O)Nc1ccc(Cl)cc1Br. The van der Waals surface area contributed by atoms with Gasteiger partial charge in [0.25, 0.3) is 0 Å². The zero-order valence-corrected chi connectivity index (χ0v) is 13.0. The van der Waals surface area contributed by atoms with Crippen LogP contribution in [-0.4, -0.2) is 11.9 Å². The van der Waals surface area contributed by atoms with Crippen molar-refractivity contribution in [1.82, 2.24) is 0 Å². The fraction of sp³-hybridized carbons (Fsp3) is 0.133. The van der Waals surface area contributed by atoms with Crippen molar-refractivity contribution in [2.75, 3.05) is 5.32 Å². The zero-order chi connectivity index (χ0) is 14.5. The van der Waals surface area contributed by atoms with E-state index >= 15 is 0 Å². The Morgan fingerprint density at radius 3 is 2.60 bits per heavy atom. The Kier molecular flexibility index (Phi) is 5.17. The van der Waals surface area contributed by atoms with E-state index in [1.54, 1.807) is 18.2 Å². The van der Waals surface area contributed by atoms with Crippen LogP contribution < -0.4 is 11.1 Å². The highest BCUT2D eigenvalue weighted by molar-refractivity contribution is 9.10. The van der Waals surface area contributed by atoms with Crippen molar-refractivity contribution in [2.45, 2.75) is 12.5 Å². The van der Waals surface area contributed by atoms with E-state index in [0.29, 0.717) is 17.1 Å². The molecule has 0 spiro atoms. The number of nitrogens with two attached hydrogens (primary N) is 1. The Balaban J connectivity index is 2.01. The van der Waals surface area contributed by atoms with Crippen molar-refractivity contribution in [2.24, 2.45) is 5.73 Å². The summed E-state index contributed by atoms with van der Waals surface area (Å²) in [5.41, 5.74) is 7.61. The molecule has 20 heavy (non-hydrogen) atoms. The van der Waals surface area contributed by atoms with Gasteiger partial charge in [0, 0.05) is 9.50 Å². The van der Waals surface area contributed by atoms with Crippen molar-refractivity contribution in [3.05, 3.63) is 63.6 Å². The summed E-state index contributed by atoms with van der Waals surface area (Å²) in [4.78, 5) is 12.1. The smallest absolute Gasteiger partial charge is 0.241 e. The minimum Gasteiger partial charge on any atom is -0.324 e. The summed E-state index contributed by atoms with van der Waals surface area (Å²) in [5.74, 6) is -0.225. The van der Waals surface area contributed by atoms with Gasteiger partial charge in [-0.1, -0.05) is 41.9 Å². The fourth-order valence-electron chi connectivity index (χ4n) is 1.78. The molecule has 3 nitrogen and oxygen atoms in total. The summed E-state index contributed by atoms with van der Waals surface area (Å²) >= 11 is 9.21. The van der Waals surface area contributed by atoms with Crippen LogP contribution in [0.15, 0.2) is 53.0 Å². The monoisotopic (exact) mass is 352 g/mol. The maximum absolute atomic E-state index is 12.1. The quantitative estimate of drug-likeness (QED) is 0.882. The van der Waals surface area contributed by atoms with Gasteiger partial charge in [-0.3, -0.25) is 4.79 Å². The molecule has 0 radical (unpaired) electrons. The number of carbonyl (C=O) groups excluding carboxylic acids is 1. The van der Waals surface area contributed by atoms with E-state index in [2.05, 4.69) is 21.2 Å². The maximum Gasteiger partial charge on any atom is 0.241 e. The predicted octanol–water partition coefficient (Wildman–Crippen LogP) is 3.61. The number of anilines is 1. The van der Waals surface area contributed by atoms with Crippen molar-refractivity contribution >= 4 is 39.1 Å². The van der Waals surface area contributed by atoms with E-state index in [1.807, 2.05) is 30.3 Å². The van der Waals surface area contributed by atoms with Gasteiger partial charge in [-0.15, -0.1) is 0 Å². The molecule has 0 heterocycles. The molecule has 0 bridgehead atoms. The number of hydrogen-bond donors (Lipinski definition) is 2.